The van der Waals surface area contributed by atoms with E-state index in [0.717, 1.165) is 12.8 Å². The number of carbonyl (C=O) groups is 1. The van der Waals surface area contributed by atoms with Crippen molar-refractivity contribution in [1.82, 2.24) is 9.21 Å². The van der Waals surface area contributed by atoms with E-state index in [0.29, 0.717) is 46.0 Å². The third-order valence-electron chi connectivity index (χ3n) is 4.87. The van der Waals surface area contributed by atoms with E-state index in [4.69, 9.17) is 9.47 Å². The van der Waals surface area contributed by atoms with Crippen LogP contribution in [0.2, 0.25) is 0 Å². The van der Waals surface area contributed by atoms with Crippen molar-refractivity contribution in [2.45, 2.75) is 18.9 Å². The molecule has 3 fully saturated rings. The molecule has 0 N–H and O–H groups in total. The second-order valence-electron chi connectivity index (χ2n) is 6.42. The van der Waals surface area contributed by atoms with Gasteiger partial charge in [0.05, 0.1) is 31.5 Å². The second kappa shape index (κ2) is 6.43. The van der Waals surface area contributed by atoms with Gasteiger partial charge in [0.2, 0.25) is 15.9 Å². The lowest BCUT2D eigenvalue weighted by Crippen LogP contribution is -2.51. The minimum Gasteiger partial charge on any atom is -0.381 e. The number of fused-ring (bicyclic) bond motifs is 1. The Kier molecular flexibility index (Phi) is 4.72. The number of sulfonamides is 1. The minimum atomic E-state index is -3.19. The fraction of sp³-hybridized carbons (Fsp3) is 0.929. The van der Waals surface area contributed by atoms with Crippen LogP contribution in [0.1, 0.15) is 12.8 Å². The highest BCUT2D eigenvalue weighted by molar-refractivity contribution is 7.88. The van der Waals surface area contributed by atoms with Crippen molar-refractivity contribution in [3.8, 4) is 0 Å². The fourth-order valence-corrected chi connectivity index (χ4v) is 4.38. The Bertz CT molecular complexity index is 517. The highest BCUT2D eigenvalue weighted by atomic mass is 32.2. The molecule has 0 bridgehead atoms. The van der Waals surface area contributed by atoms with E-state index in [2.05, 4.69) is 0 Å². The maximum atomic E-state index is 12.5. The Labute approximate surface area is 131 Å². The van der Waals surface area contributed by atoms with Gasteiger partial charge in [0.25, 0.3) is 0 Å². The van der Waals surface area contributed by atoms with Gasteiger partial charge in [-0.15, -0.1) is 0 Å². The zero-order valence-electron chi connectivity index (χ0n) is 12.9. The molecule has 3 rings (SSSR count). The van der Waals surface area contributed by atoms with E-state index < -0.39 is 10.0 Å². The van der Waals surface area contributed by atoms with Crippen molar-refractivity contribution in [2.75, 3.05) is 52.3 Å². The van der Waals surface area contributed by atoms with Gasteiger partial charge >= 0.3 is 0 Å². The standard InChI is InChI=1S/C14H24N2O5S/c1-22(18,19)16-5-7-21-13-9-15(4-2-11(13)8-16)14(17)12-3-6-20-10-12/h11-13H,2-10H2,1H3/t11-,12?,13-/m1/s1. The van der Waals surface area contributed by atoms with E-state index in [1.165, 1.54) is 10.6 Å². The third kappa shape index (κ3) is 3.45. The molecule has 0 aromatic rings. The summed E-state index contributed by atoms with van der Waals surface area (Å²) < 4.78 is 36.1. The minimum absolute atomic E-state index is 0.0187. The normalized spacial score (nSPS) is 34.2. The average Bonchev–Trinajstić information content (AvgIpc) is 2.91. The molecule has 0 aromatic heterocycles. The smallest absolute Gasteiger partial charge is 0.228 e. The van der Waals surface area contributed by atoms with Crippen molar-refractivity contribution >= 4 is 15.9 Å². The highest BCUT2D eigenvalue weighted by Crippen LogP contribution is 2.27. The van der Waals surface area contributed by atoms with E-state index in [1.54, 1.807) is 0 Å². The summed E-state index contributed by atoms with van der Waals surface area (Å²) in [5, 5.41) is 0. The number of ether oxygens (including phenoxy) is 2. The maximum absolute atomic E-state index is 12.5. The van der Waals surface area contributed by atoms with Crippen molar-refractivity contribution < 1.29 is 22.7 Å². The molecule has 0 aromatic carbocycles. The molecule has 126 valence electrons. The summed E-state index contributed by atoms with van der Waals surface area (Å²) in [5.74, 6) is 0.305. The number of piperidine rings is 1. The largest absolute Gasteiger partial charge is 0.381 e. The monoisotopic (exact) mass is 332 g/mol. The summed E-state index contributed by atoms with van der Waals surface area (Å²) in [7, 11) is -3.19. The Hall–Kier alpha value is -0.700. The SMILES string of the molecule is CS(=O)(=O)N1CCO[C@@H]2CN(C(=O)C3CCOC3)CC[C@@H]2C1. The van der Waals surface area contributed by atoms with Crippen LogP contribution in [-0.4, -0.2) is 81.9 Å². The van der Waals surface area contributed by atoms with Crippen LogP contribution in [0.3, 0.4) is 0 Å². The molecule has 3 saturated heterocycles. The lowest BCUT2D eigenvalue weighted by atomic mass is 9.92. The number of rotatable bonds is 2. The molecule has 7 nitrogen and oxygen atoms in total. The van der Waals surface area contributed by atoms with E-state index >= 15 is 0 Å². The number of likely N-dealkylation sites (tertiary alicyclic amines) is 1. The Balaban J connectivity index is 1.63. The van der Waals surface area contributed by atoms with Crippen molar-refractivity contribution in [3.63, 3.8) is 0 Å². The Morgan fingerprint density at radius 1 is 1.14 bits per heavy atom. The highest BCUT2D eigenvalue weighted by Gasteiger charge is 2.38. The predicted octanol–water partition coefficient (Wildman–Crippen LogP) is -0.468. The molecule has 1 amide bonds. The average molecular weight is 332 g/mol. The molecule has 3 atom stereocenters. The molecule has 3 aliphatic heterocycles. The van der Waals surface area contributed by atoms with Gasteiger partial charge in [0.15, 0.2) is 0 Å². The van der Waals surface area contributed by atoms with Crippen LogP contribution in [0, 0.1) is 11.8 Å². The van der Waals surface area contributed by atoms with Gasteiger partial charge in [-0.1, -0.05) is 0 Å². The van der Waals surface area contributed by atoms with Gasteiger partial charge in [0.1, 0.15) is 0 Å². The summed E-state index contributed by atoms with van der Waals surface area (Å²) in [6.45, 7) is 3.72. The number of nitrogens with zero attached hydrogens (tertiary/aromatic N) is 2. The third-order valence-corrected chi connectivity index (χ3v) is 6.14. The molecule has 0 saturated carbocycles. The molecule has 0 radical (unpaired) electrons. The van der Waals surface area contributed by atoms with Gasteiger partial charge in [-0.05, 0) is 12.8 Å². The van der Waals surface area contributed by atoms with Crippen LogP contribution in [0.5, 0.6) is 0 Å². The number of hydrogen-bond donors (Lipinski definition) is 0. The first-order valence-corrected chi connectivity index (χ1v) is 9.73. The zero-order chi connectivity index (χ0) is 15.7. The Morgan fingerprint density at radius 3 is 2.64 bits per heavy atom. The lowest BCUT2D eigenvalue weighted by molar-refractivity contribution is -0.141. The molecule has 0 spiro atoms. The van der Waals surface area contributed by atoms with Gasteiger partial charge in [-0.2, -0.15) is 4.31 Å². The summed E-state index contributed by atoms with van der Waals surface area (Å²) in [6, 6.07) is 0. The Morgan fingerprint density at radius 2 is 1.95 bits per heavy atom. The van der Waals surface area contributed by atoms with Gasteiger partial charge in [0, 0.05) is 38.7 Å². The van der Waals surface area contributed by atoms with Gasteiger partial charge < -0.3 is 14.4 Å². The molecular weight excluding hydrogens is 308 g/mol. The second-order valence-corrected chi connectivity index (χ2v) is 8.41. The predicted molar refractivity (Wildman–Crippen MR) is 79.8 cm³/mol. The number of amides is 1. The molecule has 22 heavy (non-hydrogen) atoms. The molecule has 3 aliphatic rings. The molecule has 8 heteroatoms. The van der Waals surface area contributed by atoms with Gasteiger partial charge in [-0.25, -0.2) is 8.42 Å². The van der Waals surface area contributed by atoms with Crippen LogP contribution in [-0.2, 0) is 24.3 Å². The zero-order valence-corrected chi connectivity index (χ0v) is 13.8. The van der Waals surface area contributed by atoms with Crippen molar-refractivity contribution in [3.05, 3.63) is 0 Å². The van der Waals surface area contributed by atoms with Crippen LogP contribution in [0.4, 0.5) is 0 Å². The van der Waals surface area contributed by atoms with E-state index in [-0.39, 0.29) is 23.8 Å². The fourth-order valence-electron chi connectivity index (χ4n) is 3.51. The van der Waals surface area contributed by atoms with Crippen LogP contribution in [0.15, 0.2) is 0 Å². The molecule has 1 unspecified atom stereocenters. The first-order chi connectivity index (χ1) is 10.4. The van der Waals surface area contributed by atoms with Gasteiger partial charge in [-0.3, -0.25) is 4.79 Å². The quantitative estimate of drug-likeness (QED) is 0.683. The van der Waals surface area contributed by atoms with Crippen LogP contribution >= 0.6 is 0 Å². The lowest BCUT2D eigenvalue weighted by Gasteiger charge is -2.38. The van der Waals surface area contributed by atoms with E-state index in [1.807, 2.05) is 4.90 Å². The molecule has 0 aliphatic carbocycles. The van der Waals surface area contributed by atoms with Crippen LogP contribution in [0.25, 0.3) is 0 Å². The van der Waals surface area contributed by atoms with Crippen molar-refractivity contribution in [1.29, 1.82) is 0 Å². The topological polar surface area (TPSA) is 76.2 Å². The number of carbonyl (C=O) groups excluding carboxylic acids is 1. The van der Waals surface area contributed by atoms with E-state index in [9.17, 15) is 13.2 Å². The maximum Gasteiger partial charge on any atom is 0.228 e. The first kappa shape index (κ1) is 16.2. The summed E-state index contributed by atoms with van der Waals surface area (Å²) in [6.07, 6.45) is 2.76. The molecular formula is C14H24N2O5S. The summed E-state index contributed by atoms with van der Waals surface area (Å²) >= 11 is 0. The van der Waals surface area contributed by atoms with Crippen LogP contribution < -0.4 is 0 Å². The van der Waals surface area contributed by atoms with Crippen molar-refractivity contribution in [2.24, 2.45) is 11.8 Å². The first-order valence-electron chi connectivity index (χ1n) is 7.88. The summed E-state index contributed by atoms with van der Waals surface area (Å²) in [5.41, 5.74) is 0. The molecule has 3 heterocycles. The number of hydrogen-bond acceptors (Lipinski definition) is 5. The summed E-state index contributed by atoms with van der Waals surface area (Å²) in [4.78, 5) is 14.3.